The van der Waals surface area contributed by atoms with E-state index in [2.05, 4.69) is 27.5 Å². The second-order valence-corrected chi connectivity index (χ2v) is 7.93. The van der Waals surface area contributed by atoms with Crippen molar-refractivity contribution >= 4 is 11.8 Å². The Morgan fingerprint density at radius 2 is 1.66 bits per heavy atom. The average Bonchev–Trinajstić information content (AvgIpc) is 2.81. The minimum atomic E-state index is -0.675. The molecule has 0 radical (unpaired) electrons. The fourth-order valence-electron chi connectivity index (χ4n) is 3.85. The zero-order valence-corrected chi connectivity index (χ0v) is 18.6. The summed E-state index contributed by atoms with van der Waals surface area (Å²) in [5, 5.41) is 5.41. The molecule has 1 saturated heterocycles. The predicted molar refractivity (Wildman–Crippen MR) is 121 cm³/mol. The average molecular weight is 443 g/mol. The SMILES string of the molecule is COc1ccccc1CCNC(=O)C(=O)NCC(c1ccc(F)cc1)N1CCN(C)CC1. The molecule has 1 fully saturated rings. The maximum absolute atomic E-state index is 13.4. The van der Waals surface area contributed by atoms with Crippen molar-refractivity contribution in [1.82, 2.24) is 20.4 Å². The Balaban J connectivity index is 1.54. The first kappa shape index (κ1) is 23.7. The first-order chi connectivity index (χ1) is 15.5. The lowest BCUT2D eigenvalue weighted by Crippen LogP contribution is -2.49. The molecule has 0 bridgehead atoms. The first-order valence-electron chi connectivity index (χ1n) is 10.8. The normalized spacial score (nSPS) is 15.7. The van der Waals surface area contributed by atoms with Crippen molar-refractivity contribution in [2.75, 3.05) is 53.4 Å². The second-order valence-electron chi connectivity index (χ2n) is 7.93. The van der Waals surface area contributed by atoms with Gasteiger partial charge in [0, 0.05) is 39.3 Å². The van der Waals surface area contributed by atoms with Crippen LogP contribution in [-0.2, 0) is 16.0 Å². The number of carbonyl (C=O) groups excluding carboxylic acids is 2. The van der Waals surface area contributed by atoms with Crippen LogP contribution in [-0.4, -0.2) is 75.0 Å². The molecular weight excluding hydrogens is 411 g/mol. The topological polar surface area (TPSA) is 73.9 Å². The summed E-state index contributed by atoms with van der Waals surface area (Å²) >= 11 is 0. The number of para-hydroxylation sites is 1. The summed E-state index contributed by atoms with van der Waals surface area (Å²) in [4.78, 5) is 29.2. The Morgan fingerprint density at radius 3 is 2.34 bits per heavy atom. The first-order valence-corrected chi connectivity index (χ1v) is 10.8. The second kappa shape index (κ2) is 11.6. The van der Waals surface area contributed by atoms with Gasteiger partial charge in [0.2, 0.25) is 0 Å². The lowest BCUT2D eigenvalue weighted by Gasteiger charge is -2.38. The van der Waals surface area contributed by atoms with Crippen LogP contribution in [0.4, 0.5) is 4.39 Å². The number of methoxy groups -OCH3 is 1. The number of hydrogen-bond donors (Lipinski definition) is 2. The van der Waals surface area contributed by atoms with E-state index in [1.807, 2.05) is 24.3 Å². The molecule has 1 heterocycles. The molecular formula is C24H31FN4O3. The van der Waals surface area contributed by atoms with Crippen LogP contribution in [0.5, 0.6) is 5.75 Å². The van der Waals surface area contributed by atoms with Gasteiger partial charge >= 0.3 is 11.8 Å². The molecule has 1 unspecified atom stereocenters. The number of piperazine rings is 1. The van der Waals surface area contributed by atoms with Crippen LogP contribution >= 0.6 is 0 Å². The number of likely N-dealkylation sites (N-methyl/N-ethyl adjacent to an activating group) is 1. The Kier molecular flexibility index (Phi) is 8.58. The number of nitrogens with zero attached hydrogens (tertiary/aromatic N) is 2. The molecule has 172 valence electrons. The van der Waals surface area contributed by atoms with Crippen LogP contribution < -0.4 is 15.4 Å². The van der Waals surface area contributed by atoms with E-state index < -0.39 is 11.8 Å². The van der Waals surface area contributed by atoms with Crippen molar-refractivity contribution in [3.05, 3.63) is 65.5 Å². The monoisotopic (exact) mass is 442 g/mol. The smallest absolute Gasteiger partial charge is 0.309 e. The molecule has 1 atom stereocenters. The van der Waals surface area contributed by atoms with Crippen LogP contribution in [0.15, 0.2) is 48.5 Å². The maximum Gasteiger partial charge on any atom is 0.309 e. The Morgan fingerprint density at radius 1 is 1.00 bits per heavy atom. The summed E-state index contributed by atoms with van der Waals surface area (Å²) in [6.07, 6.45) is 0.558. The quantitative estimate of drug-likeness (QED) is 0.608. The summed E-state index contributed by atoms with van der Waals surface area (Å²) in [6, 6.07) is 13.7. The summed E-state index contributed by atoms with van der Waals surface area (Å²) in [5.74, 6) is -0.896. The van der Waals surface area contributed by atoms with Gasteiger partial charge in [-0.05, 0) is 42.8 Å². The minimum absolute atomic E-state index is 0.130. The third kappa shape index (κ3) is 6.51. The molecule has 0 aliphatic carbocycles. The van der Waals surface area contributed by atoms with E-state index in [-0.39, 0.29) is 18.4 Å². The fourth-order valence-corrected chi connectivity index (χ4v) is 3.85. The van der Waals surface area contributed by atoms with Gasteiger partial charge in [0.25, 0.3) is 0 Å². The van der Waals surface area contributed by atoms with Gasteiger partial charge in [0.1, 0.15) is 11.6 Å². The molecule has 2 amide bonds. The Labute approximate surface area is 188 Å². The van der Waals surface area contributed by atoms with Crippen molar-refractivity contribution in [2.45, 2.75) is 12.5 Å². The van der Waals surface area contributed by atoms with E-state index in [9.17, 15) is 14.0 Å². The van der Waals surface area contributed by atoms with Gasteiger partial charge in [-0.1, -0.05) is 30.3 Å². The van der Waals surface area contributed by atoms with E-state index >= 15 is 0 Å². The third-order valence-electron chi connectivity index (χ3n) is 5.77. The number of nitrogens with one attached hydrogen (secondary N) is 2. The maximum atomic E-state index is 13.4. The van der Waals surface area contributed by atoms with Crippen molar-refractivity contribution < 1.29 is 18.7 Å². The van der Waals surface area contributed by atoms with Crippen molar-refractivity contribution in [3.63, 3.8) is 0 Å². The lowest BCUT2D eigenvalue weighted by molar-refractivity contribution is -0.139. The summed E-state index contributed by atoms with van der Waals surface area (Å²) in [6.45, 7) is 4.09. The highest BCUT2D eigenvalue weighted by Crippen LogP contribution is 2.22. The van der Waals surface area contributed by atoms with E-state index in [4.69, 9.17) is 4.74 Å². The van der Waals surface area contributed by atoms with E-state index in [1.165, 1.54) is 12.1 Å². The zero-order chi connectivity index (χ0) is 22.9. The summed E-state index contributed by atoms with van der Waals surface area (Å²) in [7, 11) is 3.67. The number of ether oxygens (including phenoxy) is 1. The van der Waals surface area contributed by atoms with Gasteiger partial charge in [0.15, 0.2) is 0 Å². The number of hydrogen-bond acceptors (Lipinski definition) is 5. The van der Waals surface area contributed by atoms with Crippen LogP contribution in [0.2, 0.25) is 0 Å². The Bertz CT molecular complexity index is 898. The molecule has 32 heavy (non-hydrogen) atoms. The summed E-state index contributed by atoms with van der Waals surface area (Å²) < 4.78 is 18.7. The highest BCUT2D eigenvalue weighted by Gasteiger charge is 2.25. The summed E-state index contributed by atoms with van der Waals surface area (Å²) in [5.41, 5.74) is 1.87. The van der Waals surface area contributed by atoms with Crippen LogP contribution in [0, 0.1) is 5.82 Å². The van der Waals surface area contributed by atoms with Gasteiger partial charge in [-0.25, -0.2) is 4.39 Å². The highest BCUT2D eigenvalue weighted by atomic mass is 19.1. The highest BCUT2D eigenvalue weighted by molar-refractivity contribution is 6.35. The van der Waals surface area contributed by atoms with Crippen molar-refractivity contribution in [3.8, 4) is 5.75 Å². The van der Waals surface area contributed by atoms with Crippen LogP contribution in [0.3, 0.4) is 0 Å². The minimum Gasteiger partial charge on any atom is -0.496 e. The number of halogens is 1. The molecule has 1 aliphatic heterocycles. The molecule has 3 rings (SSSR count). The lowest BCUT2D eigenvalue weighted by atomic mass is 10.0. The molecule has 2 aromatic carbocycles. The van der Waals surface area contributed by atoms with Gasteiger partial charge in [0.05, 0.1) is 13.2 Å². The molecule has 8 heteroatoms. The Hall–Kier alpha value is -2.97. The van der Waals surface area contributed by atoms with E-state index in [0.29, 0.717) is 13.0 Å². The third-order valence-corrected chi connectivity index (χ3v) is 5.77. The molecule has 2 N–H and O–H groups in total. The van der Waals surface area contributed by atoms with Gasteiger partial charge < -0.3 is 20.3 Å². The molecule has 0 saturated carbocycles. The van der Waals surface area contributed by atoms with Crippen molar-refractivity contribution in [1.29, 1.82) is 0 Å². The number of rotatable bonds is 8. The van der Waals surface area contributed by atoms with Gasteiger partial charge in [-0.2, -0.15) is 0 Å². The van der Waals surface area contributed by atoms with Crippen molar-refractivity contribution in [2.24, 2.45) is 0 Å². The molecule has 7 nitrogen and oxygen atoms in total. The van der Waals surface area contributed by atoms with E-state index in [0.717, 1.165) is 43.1 Å². The van der Waals surface area contributed by atoms with Crippen LogP contribution in [0.1, 0.15) is 17.2 Å². The number of carbonyl (C=O) groups is 2. The number of amides is 2. The van der Waals surface area contributed by atoms with Crippen LogP contribution in [0.25, 0.3) is 0 Å². The predicted octanol–water partition coefficient (Wildman–Crippen LogP) is 1.60. The molecule has 0 spiro atoms. The molecule has 2 aromatic rings. The fraction of sp³-hybridized carbons (Fsp3) is 0.417. The largest absolute Gasteiger partial charge is 0.496 e. The number of benzene rings is 2. The van der Waals surface area contributed by atoms with E-state index in [1.54, 1.807) is 19.2 Å². The standard InChI is InChI=1S/C24H31FN4O3/c1-28-13-15-29(16-14-28)21(18-7-9-20(25)10-8-18)17-27-24(31)23(30)26-12-11-19-5-3-4-6-22(19)32-2/h3-10,21H,11-17H2,1-2H3,(H,26,30)(H,27,31). The molecule has 0 aromatic heterocycles. The van der Waals surface area contributed by atoms with Gasteiger partial charge in [-0.3, -0.25) is 14.5 Å². The zero-order valence-electron chi connectivity index (χ0n) is 18.6. The van der Waals surface area contributed by atoms with Gasteiger partial charge in [-0.15, -0.1) is 0 Å². The molecule has 1 aliphatic rings.